The summed E-state index contributed by atoms with van der Waals surface area (Å²) in [7, 11) is 1.38. The second-order valence-electron chi connectivity index (χ2n) is 4.48. The normalized spacial score (nSPS) is 15.0. The molecule has 0 unspecified atom stereocenters. The van der Waals surface area contributed by atoms with Gasteiger partial charge in [-0.1, -0.05) is 85.9 Å². The number of methoxy groups -OCH3 is 1. The zero-order valence-electron chi connectivity index (χ0n) is 11.2. The van der Waals surface area contributed by atoms with Gasteiger partial charge in [0.2, 0.25) is 0 Å². The molecule has 2 atom stereocenters. The smallest absolute Gasteiger partial charge is 0.328 e. The summed E-state index contributed by atoms with van der Waals surface area (Å²) in [5, 5.41) is 0.649. The van der Waals surface area contributed by atoms with Crippen molar-refractivity contribution in [2.45, 2.75) is 9.15 Å². The fourth-order valence-corrected chi connectivity index (χ4v) is 3.63. The summed E-state index contributed by atoms with van der Waals surface area (Å²) in [5.41, 5.74) is 1.74. The number of rotatable bonds is 4. The number of benzene rings is 2. The van der Waals surface area contributed by atoms with E-state index in [9.17, 15) is 4.79 Å². The highest BCUT2D eigenvalue weighted by atomic mass is 79.9. The van der Waals surface area contributed by atoms with E-state index in [4.69, 9.17) is 16.3 Å². The van der Waals surface area contributed by atoms with Crippen LogP contribution in [0.1, 0.15) is 16.0 Å². The van der Waals surface area contributed by atoms with Gasteiger partial charge >= 0.3 is 5.97 Å². The van der Waals surface area contributed by atoms with E-state index in [1.165, 1.54) is 7.11 Å². The van der Waals surface area contributed by atoms with Crippen LogP contribution in [-0.2, 0) is 13.9 Å². The highest BCUT2D eigenvalue weighted by Gasteiger charge is 2.46. The van der Waals surface area contributed by atoms with E-state index in [0.717, 1.165) is 11.1 Å². The third-order valence-corrected chi connectivity index (χ3v) is 6.51. The Balaban J connectivity index is 2.50. The zero-order chi connectivity index (χ0) is 15.5. The Morgan fingerprint density at radius 2 is 1.71 bits per heavy atom. The van der Waals surface area contributed by atoms with Crippen molar-refractivity contribution in [1.82, 2.24) is 0 Å². The van der Waals surface area contributed by atoms with Crippen molar-refractivity contribution in [2.24, 2.45) is 0 Å². The van der Waals surface area contributed by atoms with Gasteiger partial charge in [-0.05, 0) is 23.3 Å². The molecule has 0 aliphatic rings. The lowest BCUT2D eigenvalue weighted by Crippen LogP contribution is -2.34. The number of alkyl halides is 2. The number of carbonyl (C=O) groups excluding carboxylic acids is 1. The molecule has 0 amide bonds. The predicted octanol–water partition coefficient (Wildman–Crippen LogP) is 5.24. The molecule has 2 aromatic rings. The van der Waals surface area contributed by atoms with Gasteiger partial charge in [0.15, 0.2) is 4.32 Å². The number of esters is 1. The Hall–Kier alpha value is -0.840. The minimum Gasteiger partial charge on any atom is -0.468 e. The van der Waals surface area contributed by atoms with Crippen LogP contribution in [0, 0.1) is 0 Å². The van der Waals surface area contributed by atoms with Gasteiger partial charge in [-0.15, -0.1) is 0 Å². The van der Waals surface area contributed by atoms with Gasteiger partial charge in [0.05, 0.1) is 11.9 Å². The predicted molar refractivity (Wildman–Crippen MR) is 92.2 cm³/mol. The van der Waals surface area contributed by atoms with E-state index < -0.39 is 4.32 Å². The Morgan fingerprint density at radius 1 is 1.14 bits per heavy atom. The number of halogens is 3. The average molecular weight is 433 g/mol. The summed E-state index contributed by atoms with van der Waals surface area (Å²) >= 11 is 13.1. The van der Waals surface area contributed by atoms with Gasteiger partial charge in [-0.25, -0.2) is 0 Å². The Morgan fingerprint density at radius 3 is 2.24 bits per heavy atom. The number of carbonyl (C=O) groups is 1. The molecule has 5 heteroatoms. The molecule has 0 heterocycles. The number of ether oxygens (including phenoxy) is 1. The first kappa shape index (κ1) is 16.5. The number of hydrogen-bond donors (Lipinski definition) is 0. The molecule has 0 aliphatic heterocycles. The summed E-state index contributed by atoms with van der Waals surface area (Å²) in [6, 6.07) is 16.8. The van der Waals surface area contributed by atoms with Crippen LogP contribution in [0.2, 0.25) is 5.02 Å². The lowest BCUT2D eigenvalue weighted by atomic mass is 9.91. The van der Waals surface area contributed by atoms with Crippen molar-refractivity contribution < 1.29 is 9.53 Å². The van der Waals surface area contributed by atoms with Gasteiger partial charge in [0.25, 0.3) is 0 Å². The molecular formula is C16H13Br2ClO2. The largest absolute Gasteiger partial charge is 0.468 e. The topological polar surface area (TPSA) is 26.3 Å². The maximum atomic E-state index is 12.4. The minimum absolute atomic E-state index is 0.308. The monoisotopic (exact) mass is 430 g/mol. The molecule has 0 bridgehead atoms. The quantitative estimate of drug-likeness (QED) is 0.488. The van der Waals surface area contributed by atoms with Crippen LogP contribution in [0.3, 0.4) is 0 Å². The van der Waals surface area contributed by atoms with Gasteiger partial charge < -0.3 is 4.74 Å². The van der Waals surface area contributed by atoms with Crippen molar-refractivity contribution in [2.75, 3.05) is 7.11 Å². The van der Waals surface area contributed by atoms with Crippen LogP contribution in [-0.4, -0.2) is 13.1 Å². The molecule has 0 saturated heterocycles. The Labute approximate surface area is 145 Å². The lowest BCUT2D eigenvalue weighted by Gasteiger charge is -2.30. The molecule has 2 rings (SSSR count). The molecule has 0 saturated carbocycles. The van der Waals surface area contributed by atoms with E-state index in [0.29, 0.717) is 5.02 Å². The first-order valence-corrected chi connectivity index (χ1v) is 8.31. The van der Waals surface area contributed by atoms with Gasteiger partial charge in [-0.3, -0.25) is 4.79 Å². The molecule has 21 heavy (non-hydrogen) atoms. The van der Waals surface area contributed by atoms with E-state index in [-0.39, 0.29) is 10.8 Å². The Kier molecular flexibility index (Phi) is 5.47. The van der Waals surface area contributed by atoms with Crippen LogP contribution >= 0.6 is 43.5 Å². The summed E-state index contributed by atoms with van der Waals surface area (Å²) in [6.45, 7) is 0. The van der Waals surface area contributed by atoms with Crippen LogP contribution in [0.5, 0.6) is 0 Å². The maximum absolute atomic E-state index is 12.4. The highest BCUT2D eigenvalue weighted by Crippen LogP contribution is 2.49. The number of hydrogen-bond acceptors (Lipinski definition) is 2. The molecule has 2 nitrogen and oxygen atoms in total. The second-order valence-corrected chi connectivity index (χ2v) is 7.09. The molecule has 0 N–H and O–H groups in total. The third kappa shape index (κ3) is 3.33. The van der Waals surface area contributed by atoms with Gasteiger partial charge in [-0.2, -0.15) is 0 Å². The van der Waals surface area contributed by atoms with Crippen LogP contribution < -0.4 is 0 Å². The van der Waals surface area contributed by atoms with E-state index in [2.05, 4.69) is 31.9 Å². The third-order valence-electron chi connectivity index (χ3n) is 3.19. The fourth-order valence-electron chi connectivity index (χ4n) is 2.06. The molecular weight excluding hydrogens is 419 g/mol. The molecule has 0 aliphatic carbocycles. The zero-order valence-corrected chi connectivity index (χ0v) is 15.2. The summed E-state index contributed by atoms with van der Waals surface area (Å²) < 4.78 is 3.98. The molecule has 0 fully saturated rings. The molecule has 110 valence electrons. The van der Waals surface area contributed by atoms with Crippen molar-refractivity contribution in [3.63, 3.8) is 0 Å². The molecule has 2 aromatic carbocycles. The van der Waals surface area contributed by atoms with Crippen LogP contribution in [0.15, 0.2) is 54.6 Å². The second kappa shape index (κ2) is 6.95. The van der Waals surface area contributed by atoms with Crippen molar-refractivity contribution in [3.05, 3.63) is 70.7 Å². The molecule has 0 aromatic heterocycles. The molecule has 0 radical (unpaired) electrons. The highest BCUT2D eigenvalue weighted by molar-refractivity contribution is 9.12. The first-order valence-electron chi connectivity index (χ1n) is 6.22. The van der Waals surface area contributed by atoms with Crippen LogP contribution in [0.4, 0.5) is 0 Å². The van der Waals surface area contributed by atoms with Crippen molar-refractivity contribution in [1.29, 1.82) is 0 Å². The Bertz CT molecular complexity index is 616. The standard InChI is InChI=1S/C16H13Br2ClO2/c1-21-15(20)16(18,12-5-3-2-4-6-12)14(17)11-7-9-13(19)10-8-11/h2-10,14H,1H3/t14-,16-/m0/s1. The summed E-state index contributed by atoms with van der Waals surface area (Å²) in [4.78, 5) is 12.1. The summed E-state index contributed by atoms with van der Waals surface area (Å²) in [5.74, 6) is -0.370. The van der Waals surface area contributed by atoms with E-state index in [1.807, 2.05) is 42.5 Å². The molecule has 0 spiro atoms. The lowest BCUT2D eigenvalue weighted by molar-refractivity contribution is -0.143. The van der Waals surface area contributed by atoms with E-state index >= 15 is 0 Å². The first-order chi connectivity index (χ1) is 10.00. The minimum atomic E-state index is -1.02. The maximum Gasteiger partial charge on any atom is 0.328 e. The van der Waals surface area contributed by atoms with Gasteiger partial charge in [0, 0.05) is 5.02 Å². The van der Waals surface area contributed by atoms with Crippen molar-refractivity contribution >= 4 is 49.4 Å². The van der Waals surface area contributed by atoms with E-state index in [1.54, 1.807) is 12.1 Å². The average Bonchev–Trinajstić information content (AvgIpc) is 2.54. The van der Waals surface area contributed by atoms with Crippen molar-refractivity contribution in [3.8, 4) is 0 Å². The fraction of sp³-hybridized carbons (Fsp3) is 0.188. The van der Waals surface area contributed by atoms with Crippen LogP contribution in [0.25, 0.3) is 0 Å². The SMILES string of the molecule is COC(=O)[C@](Br)(c1ccccc1)[C@@H](Br)c1ccc(Cl)cc1. The van der Waals surface area contributed by atoms with Gasteiger partial charge in [0.1, 0.15) is 0 Å². The summed E-state index contributed by atoms with van der Waals surface area (Å²) in [6.07, 6.45) is 0.